The fourth-order valence-electron chi connectivity index (χ4n) is 3.12. The van der Waals surface area contributed by atoms with Crippen molar-refractivity contribution >= 4 is 5.97 Å². The maximum absolute atomic E-state index is 12.2. The minimum atomic E-state index is -0.511. The van der Waals surface area contributed by atoms with Gasteiger partial charge in [0.05, 0.1) is 12.8 Å². The van der Waals surface area contributed by atoms with E-state index >= 15 is 0 Å². The van der Waals surface area contributed by atoms with Crippen molar-refractivity contribution in [3.05, 3.63) is 46.4 Å². The van der Waals surface area contributed by atoms with Crippen LogP contribution in [0, 0.1) is 0 Å². The zero-order chi connectivity index (χ0) is 16.4. The van der Waals surface area contributed by atoms with E-state index in [1.807, 2.05) is 6.07 Å². The Morgan fingerprint density at radius 3 is 2.74 bits per heavy atom. The van der Waals surface area contributed by atoms with Gasteiger partial charge in [-0.25, -0.2) is 14.5 Å². The number of nitrogen functional groups attached to an aromatic ring is 1. The normalized spacial score (nSPS) is 15.5. The average molecular weight is 316 g/mol. The van der Waals surface area contributed by atoms with E-state index in [9.17, 15) is 9.59 Å². The molecule has 2 N–H and O–H groups in total. The van der Waals surface area contributed by atoms with Crippen molar-refractivity contribution in [1.82, 2.24) is 14.2 Å². The number of methoxy groups -OCH3 is 1. The Hall–Kier alpha value is -2.57. The first kappa shape index (κ1) is 15.3. The molecule has 3 rings (SSSR count). The molecule has 0 atom stereocenters. The zero-order valence-corrected chi connectivity index (χ0v) is 13.1. The molecule has 2 aromatic heterocycles. The molecule has 1 aliphatic rings. The Kier molecular flexibility index (Phi) is 4.18. The summed E-state index contributed by atoms with van der Waals surface area (Å²) in [6, 6.07) is 3.34. The highest BCUT2D eigenvalue weighted by atomic mass is 16.5. The lowest BCUT2D eigenvalue weighted by molar-refractivity contribution is 0.0594. The lowest BCUT2D eigenvalue weighted by Gasteiger charge is -2.24. The second-order valence-electron chi connectivity index (χ2n) is 5.84. The van der Waals surface area contributed by atoms with Crippen molar-refractivity contribution in [2.24, 2.45) is 0 Å². The quantitative estimate of drug-likeness (QED) is 0.685. The summed E-state index contributed by atoms with van der Waals surface area (Å²) in [4.78, 5) is 27.7. The van der Waals surface area contributed by atoms with E-state index in [2.05, 4.69) is 9.72 Å². The molecule has 0 amide bonds. The number of nitrogens with two attached hydrogens (primary N) is 1. The standard InChI is InChI=1S/C16H20N4O3/c1-23-16(22)13-9-19(10-18-13)12-7-14(20(17)15(21)8-12)11-5-3-2-4-6-11/h7-11H,2-6,17H2,1H3. The van der Waals surface area contributed by atoms with Gasteiger partial charge in [0.2, 0.25) is 0 Å². The van der Waals surface area contributed by atoms with Crippen LogP contribution in [0.25, 0.3) is 5.69 Å². The number of hydrogen-bond acceptors (Lipinski definition) is 5. The van der Waals surface area contributed by atoms with Crippen LogP contribution in [0.3, 0.4) is 0 Å². The zero-order valence-electron chi connectivity index (χ0n) is 13.1. The van der Waals surface area contributed by atoms with Crippen LogP contribution in [-0.4, -0.2) is 27.3 Å². The number of aromatic nitrogens is 3. The lowest BCUT2D eigenvalue weighted by Crippen LogP contribution is -2.32. The number of carbonyl (C=O) groups excluding carboxylic acids is 1. The summed E-state index contributed by atoms with van der Waals surface area (Å²) in [6.45, 7) is 0. The van der Waals surface area contributed by atoms with Crippen LogP contribution in [0.2, 0.25) is 0 Å². The van der Waals surface area contributed by atoms with Gasteiger partial charge in [0.25, 0.3) is 5.56 Å². The average Bonchev–Trinajstić information content (AvgIpc) is 3.07. The molecule has 122 valence electrons. The first-order valence-corrected chi connectivity index (χ1v) is 7.75. The molecule has 23 heavy (non-hydrogen) atoms. The molecule has 0 aromatic carbocycles. The number of carbonyl (C=O) groups is 1. The fourth-order valence-corrected chi connectivity index (χ4v) is 3.12. The van der Waals surface area contributed by atoms with Crippen molar-refractivity contribution in [1.29, 1.82) is 0 Å². The maximum Gasteiger partial charge on any atom is 0.358 e. The number of rotatable bonds is 3. The van der Waals surface area contributed by atoms with Gasteiger partial charge < -0.3 is 15.1 Å². The molecule has 1 saturated carbocycles. The summed E-state index contributed by atoms with van der Waals surface area (Å²) in [7, 11) is 1.30. The van der Waals surface area contributed by atoms with Gasteiger partial charge in [-0.05, 0) is 18.9 Å². The van der Waals surface area contributed by atoms with Gasteiger partial charge in [-0.3, -0.25) is 4.79 Å². The van der Waals surface area contributed by atoms with Gasteiger partial charge >= 0.3 is 5.97 Å². The van der Waals surface area contributed by atoms with Crippen molar-refractivity contribution in [2.75, 3.05) is 13.0 Å². The van der Waals surface area contributed by atoms with Crippen LogP contribution in [-0.2, 0) is 4.74 Å². The van der Waals surface area contributed by atoms with Gasteiger partial charge in [0.15, 0.2) is 5.69 Å². The van der Waals surface area contributed by atoms with Crippen LogP contribution in [0.15, 0.2) is 29.5 Å². The second-order valence-corrected chi connectivity index (χ2v) is 5.84. The third-order valence-electron chi connectivity index (χ3n) is 4.38. The molecular weight excluding hydrogens is 296 g/mol. The second kappa shape index (κ2) is 6.28. The topological polar surface area (TPSA) is 92.1 Å². The van der Waals surface area contributed by atoms with Gasteiger partial charge in [0.1, 0.15) is 6.33 Å². The maximum atomic E-state index is 12.2. The van der Waals surface area contributed by atoms with Crippen LogP contribution < -0.4 is 11.4 Å². The Bertz CT molecular complexity index is 772. The van der Waals surface area contributed by atoms with E-state index in [4.69, 9.17) is 5.84 Å². The number of esters is 1. The van der Waals surface area contributed by atoms with E-state index < -0.39 is 5.97 Å². The SMILES string of the molecule is COC(=O)c1cn(-c2cc(C3CCCCC3)n(N)c(=O)c2)cn1. The van der Waals surface area contributed by atoms with Gasteiger partial charge in [-0.1, -0.05) is 19.3 Å². The number of nitrogens with zero attached hydrogens (tertiary/aromatic N) is 3. The van der Waals surface area contributed by atoms with Crippen molar-refractivity contribution in [3.8, 4) is 5.69 Å². The summed E-state index contributed by atoms with van der Waals surface area (Å²) in [5.41, 5.74) is 1.42. The van der Waals surface area contributed by atoms with E-state index in [1.54, 1.807) is 10.8 Å². The van der Waals surface area contributed by atoms with E-state index in [-0.39, 0.29) is 11.3 Å². The summed E-state index contributed by atoms with van der Waals surface area (Å²) in [5, 5.41) is 0. The third kappa shape index (κ3) is 2.99. The molecule has 1 fully saturated rings. The summed E-state index contributed by atoms with van der Waals surface area (Å²) in [6.07, 6.45) is 8.66. The molecule has 0 saturated heterocycles. The molecule has 0 spiro atoms. The molecule has 1 aliphatic carbocycles. The summed E-state index contributed by atoms with van der Waals surface area (Å²) < 4.78 is 7.52. The van der Waals surface area contributed by atoms with Crippen molar-refractivity contribution in [2.45, 2.75) is 38.0 Å². The molecule has 2 aromatic rings. The molecule has 7 heteroatoms. The number of ether oxygens (including phenoxy) is 1. The fraction of sp³-hybridized carbons (Fsp3) is 0.438. The molecular formula is C16H20N4O3. The Morgan fingerprint density at radius 1 is 1.30 bits per heavy atom. The third-order valence-corrected chi connectivity index (χ3v) is 4.38. The summed E-state index contributed by atoms with van der Waals surface area (Å²) in [5.74, 6) is 5.73. The van der Waals surface area contributed by atoms with Gasteiger partial charge in [-0.2, -0.15) is 0 Å². The van der Waals surface area contributed by atoms with Crippen molar-refractivity contribution < 1.29 is 9.53 Å². The minimum absolute atomic E-state index is 0.198. The molecule has 0 bridgehead atoms. The first-order chi connectivity index (χ1) is 11.1. The molecule has 2 heterocycles. The molecule has 0 radical (unpaired) electrons. The number of pyridine rings is 1. The predicted octanol–water partition coefficient (Wildman–Crippen LogP) is 1.58. The van der Waals surface area contributed by atoms with Gasteiger partial charge in [0, 0.05) is 23.9 Å². The van der Waals surface area contributed by atoms with E-state index in [1.165, 1.54) is 30.6 Å². The van der Waals surface area contributed by atoms with Crippen LogP contribution in [0.5, 0.6) is 0 Å². The monoisotopic (exact) mass is 316 g/mol. The van der Waals surface area contributed by atoms with Crippen LogP contribution >= 0.6 is 0 Å². The minimum Gasteiger partial charge on any atom is -0.464 e. The van der Waals surface area contributed by atoms with Crippen LogP contribution in [0.1, 0.15) is 54.2 Å². The first-order valence-electron chi connectivity index (χ1n) is 7.75. The predicted molar refractivity (Wildman–Crippen MR) is 85.1 cm³/mol. The van der Waals surface area contributed by atoms with E-state index in [0.717, 1.165) is 31.4 Å². The summed E-state index contributed by atoms with van der Waals surface area (Å²) >= 11 is 0. The Labute approximate surface area is 133 Å². The largest absolute Gasteiger partial charge is 0.464 e. The number of hydrogen-bond donors (Lipinski definition) is 1. The van der Waals surface area contributed by atoms with Crippen LogP contribution in [0.4, 0.5) is 0 Å². The lowest BCUT2D eigenvalue weighted by atomic mass is 9.86. The Morgan fingerprint density at radius 2 is 2.04 bits per heavy atom. The highest BCUT2D eigenvalue weighted by Crippen LogP contribution is 2.32. The Balaban J connectivity index is 1.99. The number of imidazole rings is 1. The van der Waals surface area contributed by atoms with E-state index in [0.29, 0.717) is 11.6 Å². The molecule has 0 aliphatic heterocycles. The highest BCUT2D eigenvalue weighted by molar-refractivity contribution is 5.86. The molecule has 7 nitrogen and oxygen atoms in total. The van der Waals surface area contributed by atoms with Crippen molar-refractivity contribution in [3.63, 3.8) is 0 Å². The molecule has 0 unspecified atom stereocenters. The smallest absolute Gasteiger partial charge is 0.358 e. The van der Waals surface area contributed by atoms with Gasteiger partial charge in [-0.15, -0.1) is 0 Å². The highest BCUT2D eigenvalue weighted by Gasteiger charge is 2.20.